The van der Waals surface area contributed by atoms with Gasteiger partial charge in [-0.1, -0.05) is 48.3 Å². The van der Waals surface area contributed by atoms with Gasteiger partial charge in [-0.3, -0.25) is 4.79 Å². The van der Waals surface area contributed by atoms with E-state index >= 15 is 0 Å². The number of aliphatic imine (C=N–C) groups is 1. The largest absolute Gasteiger partial charge is 0.506 e. The Bertz CT molecular complexity index is 1200. The van der Waals surface area contributed by atoms with Gasteiger partial charge in [0.2, 0.25) is 0 Å². The van der Waals surface area contributed by atoms with Gasteiger partial charge in [0.1, 0.15) is 16.5 Å². The Morgan fingerprint density at radius 1 is 1.42 bits per heavy atom. The first-order valence-corrected chi connectivity index (χ1v) is 12.8. The van der Waals surface area contributed by atoms with E-state index in [1.165, 1.54) is 4.88 Å². The Balaban J connectivity index is 1.69. The van der Waals surface area contributed by atoms with Gasteiger partial charge >= 0.3 is 0 Å². The van der Waals surface area contributed by atoms with Gasteiger partial charge in [-0.25, -0.2) is 4.99 Å². The molecule has 1 atom stereocenters. The van der Waals surface area contributed by atoms with Crippen molar-refractivity contribution in [2.45, 2.75) is 46.6 Å². The lowest BCUT2D eigenvalue weighted by atomic mass is 9.72. The number of aromatic hydroxyl groups is 1. The van der Waals surface area contributed by atoms with Crippen molar-refractivity contribution in [2.24, 2.45) is 16.3 Å². The number of furan rings is 1. The van der Waals surface area contributed by atoms with Crippen LogP contribution in [0.15, 0.2) is 44.4 Å². The number of fused-ring (bicyclic) bond motifs is 1. The van der Waals surface area contributed by atoms with Gasteiger partial charge < -0.3 is 14.8 Å². The Labute approximate surface area is 211 Å². The lowest BCUT2D eigenvalue weighted by Gasteiger charge is -2.33. The summed E-state index contributed by atoms with van der Waals surface area (Å²) in [6.45, 7) is 7.12. The molecule has 0 saturated carbocycles. The Hall–Kier alpha value is -2.09. The molecule has 2 aromatic heterocycles. The van der Waals surface area contributed by atoms with Gasteiger partial charge in [-0.2, -0.15) is 0 Å². The highest BCUT2D eigenvalue weighted by Gasteiger charge is 2.33. The highest BCUT2D eigenvalue weighted by atomic mass is 79.9. The molecule has 174 valence electrons. The zero-order valence-electron chi connectivity index (χ0n) is 18.7. The van der Waals surface area contributed by atoms with Gasteiger partial charge in [0.25, 0.3) is 5.91 Å². The van der Waals surface area contributed by atoms with Crippen LogP contribution in [0.4, 0.5) is 5.00 Å². The van der Waals surface area contributed by atoms with Gasteiger partial charge in [0.05, 0.1) is 23.4 Å². The number of thiophene rings is 1. The minimum absolute atomic E-state index is 0.0402. The van der Waals surface area contributed by atoms with Crippen molar-refractivity contribution in [2.75, 3.05) is 0 Å². The van der Waals surface area contributed by atoms with Crippen molar-refractivity contribution >= 4 is 56.0 Å². The van der Waals surface area contributed by atoms with Crippen LogP contribution in [0.3, 0.4) is 0 Å². The number of carbonyl (C=O) groups is 1. The maximum absolute atomic E-state index is 13.3. The van der Waals surface area contributed by atoms with Crippen LogP contribution in [-0.2, 0) is 19.4 Å². The number of phenols is 1. The minimum Gasteiger partial charge on any atom is -0.506 e. The molecule has 1 aromatic carbocycles. The number of hydrogen-bond acceptors (Lipinski definition) is 5. The molecule has 1 aliphatic rings. The second-order valence-corrected chi connectivity index (χ2v) is 11.7. The third kappa shape index (κ3) is 5.36. The van der Waals surface area contributed by atoms with E-state index in [9.17, 15) is 9.90 Å². The number of amides is 1. The molecule has 0 aliphatic heterocycles. The van der Waals surface area contributed by atoms with Gasteiger partial charge in [0.15, 0.2) is 0 Å². The van der Waals surface area contributed by atoms with Crippen molar-refractivity contribution in [3.8, 4) is 5.75 Å². The molecule has 4 rings (SSSR count). The second kappa shape index (κ2) is 9.65. The zero-order chi connectivity index (χ0) is 23.8. The van der Waals surface area contributed by atoms with Gasteiger partial charge in [0, 0.05) is 21.1 Å². The quantitative estimate of drug-likeness (QED) is 0.328. The highest BCUT2D eigenvalue weighted by Crippen LogP contribution is 2.45. The lowest BCUT2D eigenvalue weighted by Crippen LogP contribution is -2.28. The van der Waals surface area contributed by atoms with Crippen molar-refractivity contribution in [3.05, 3.63) is 67.4 Å². The molecule has 0 bridgehead atoms. The summed E-state index contributed by atoms with van der Waals surface area (Å²) < 4.78 is 6.09. The second-order valence-electron chi connectivity index (χ2n) is 9.34. The van der Waals surface area contributed by atoms with E-state index in [0.717, 1.165) is 29.3 Å². The molecule has 1 amide bonds. The Kier molecular flexibility index (Phi) is 7.03. The summed E-state index contributed by atoms with van der Waals surface area (Å²) in [5.74, 6) is 1.04. The summed E-state index contributed by atoms with van der Waals surface area (Å²) in [6.07, 6.45) is 5.97. The Morgan fingerprint density at radius 2 is 2.21 bits per heavy atom. The molecular formula is C25H26BrClN2O3S. The number of benzene rings is 1. The lowest BCUT2D eigenvalue weighted by molar-refractivity contribution is 0.0947. The number of phenolic OH excluding ortho intramolecular Hbond substituents is 1. The SMILES string of the molecule is CC(C)(C)[C@H]1CCc2c(sc(N=Cc3cc(Br)cc(Cl)c3O)c2C(=O)NCc2ccco2)C1. The summed E-state index contributed by atoms with van der Waals surface area (Å²) in [5, 5.41) is 14.2. The summed E-state index contributed by atoms with van der Waals surface area (Å²) in [5.41, 5.74) is 2.38. The Morgan fingerprint density at radius 3 is 2.91 bits per heavy atom. The smallest absolute Gasteiger partial charge is 0.255 e. The van der Waals surface area contributed by atoms with Gasteiger partial charge in [-0.15, -0.1) is 11.3 Å². The van der Waals surface area contributed by atoms with Crippen LogP contribution >= 0.6 is 38.9 Å². The summed E-state index contributed by atoms with van der Waals surface area (Å²) in [6, 6.07) is 6.99. The van der Waals surface area contributed by atoms with E-state index in [0.29, 0.717) is 34.4 Å². The molecule has 0 saturated heterocycles. The van der Waals surface area contributed by atoms with Crippen LogP contribution in [0.25, 0.3) is 0 Å². The van der Waals surface area contributed by atoms with Crippen LogP contribution in [0.2, 0.25) is 5.02 Å². The predicted molar refractivity (Wildman–Crippen MR) is 137 cm³/mol. The van der Waals surface area contributed by atoms with E-state index < -0.39 is 0 Å². The third-order valence-electron chi connectivity index (χ3n) is 6.08. The molecule has 0 fully saturated rings. The van der Waals surface area contributed by atoms with E-state index in [-0.39, 0.29) is 22.1 Å². The molecule has 1 aliphatic carbocycles. The van der Waals surface area contributed by atoms with E-state index in [2.05, 4.69) is 47.0 Å². The molecule has 2 heterocycles. The highest BCUT2D eigenvalue weighted by molar-refractivity contribution is 9.10. The molecule has 0 unspecified atom stereocenters. The number of hydrogen-bond donors (Lipinski definition) is 2. The predicted octanol–water partition coefficient (Wildman–Crippen LogP) is 7.29. The third-order valence-corrected chi connectivity index (χ3v) is 7.99. The molecular weight excluding hydrogens is 524 g/mol. The van der Waals surface area contributed by atoms with Crippen molar-refractivity contribution < 1.29 is 14.3 Å². The monoisotopic (exact) mass is 548 g/mol. The average Bonchev–Trinajstić information content (AvgIpc) is 3.39. The normalized spacial score (nSPS) is 16.2. The van der Waals surface area contributed by atoms with Crippen molar-refractivity contribution in [1.29, 1.82) is 0 Å². The van der Waals surface area contributed by atoms with Crippen LogP contribution in [0.1, 0.15) is 59.3 Å². The number of nitrogens with zero attached hydrogens (tertiary/aromatic N) is 1. The molecule has 8 heteroatoms. The molecule has 0 radical (unpaired) electrons. The molecule has 0 spiro atoms. The summed E-state index contributed by atoms with van der Waals surface area (Å²) in [7, 11) is 0. The minimum atomic E-state index is -0.165. The molecule has 5 nitrogen and oxygen atoms in total. The fourth-order valence-corrected chi connectivity index (χ4v) is 6.22. The number of halogens is 2. The summed E-state index contributed by atoms with van der Waals surface area (Å²) >= 11 is 11.1. The standard InChI is InChI=1S/C25H26BrClN2O3S/c1-25(2,3)15-6-7-18-20(10-15)33-24(21(18)23(31)28-13-17-5-4-8-32-17)29-12-14-9-16(26)11-19(27)22(14)30/h4-5,8-9,11-12,15,30H,6-7,10,13H2,1-3H3,(H,28,31)/t15-/m0/s1. The van der Waals surface area contributed by atoms with Crippen molar-refractivity contribution in [3.63, 3.8) is 0 Å². The van der Waals surface area contributed by atoms with Crippen molar-refractivity contribution in [1.82, 2.24) is 5.32 Å². The van der Waals surface area contributed by atoms with Crippen LogP contribution in [-0.4, -0.2) is 17.2 Å². The molecule has 33 heavy (non-hydrogen) atoms. The molecule has 2 N–H and O–H groups in total. The fraction of sp³-hybridized carbons (Fsp3) is 0.360. The first-order valence-electron chi connectivity index (χ1n) is 10.8. The molecule has 3 aromatic rings. The van der Waals surface area contributed by atoms with Gasteiger partial charge in [-0.05, 0) is 60.4 Å². The van der Waals surface area contributed by atoms with E-state index in [4.69, 9.17) is 16.0 Å². The zero-order valence-corrected chi connectivity index (χ0v) is 21.9. The topological polar surface area (TPSA) is 74.8 Å². The summed E-state index contributed by atoms with van der Waals surface area (Å²) in [4.78, 5) is 19.1. The van der Waals surface area contributed by atoms with E-state index in [1.807, 2.05) is 6.07 Å². The first-order chi connectivity index (χ1) is 15.6. The van der Waals surface area contributed by atoms with Crippen LogP contribution in [0, 0.1) is 11.3 Å². The maximum atomic E-state index is 13.3. The van der Waals surface area contributed by atoms with E-state index in [1.54, 1.807) is 42.0 Å². The van der Waals surface area contributed by atoms with Crippen LogP contribution < -0.4 is 5.32 Å². The number of nitrogens with one attached hydrogen (secondary N) is 1. The number of rotatable bonds is 5. The van der Waals surface area contributed by atoms with Crippen LogP contribution in [0.5, 0.6) is 5.75 Å². The fourth-order valence-electron chi connectivity index (χ4n) is 4.12. The number of carbonyl (C=O) groups excluding carboxylic acids is 1. The average molecular weight is 550 g/mol. The first kappa shape index (κ1) is 24.0. The maximum Gasteiger partial charge on any atom is 0.255 e.